The fourth-order valence-electron chi connectivity index (χ4n) is 3.18. The maximum Gasteiger partial charge on any atom is 0.269 e. The van der Waals surface area contributed by atoms with Gasteiger partial charge in [0, 0.05) is 12.1 Å². The monoisotopic (exact) mass is 457 g/mol. The number of nitrogens with one attached hydrogen (secondary N) is 1. The van der Waals surface area contributed by atoms with E-state index < -0.39 is 10.8 Å². The van der Waals surface area contributed by atoms with Gasteiger partial charge in [-0.25, -0.2) is 0 Å². The minimum atomic E-state index is -0.476. The number of hydrogen-bond donors (Lipinski definition) is 1. The normalized spacial score (nSPS) is 11.7. The van der Waals surface area contributed by atoms with E-state index in [0.717, 1.165) is 11.1 Å². The third kappa shape index (κ3) is 6.20. The van der Waals surface area contributed by atoms with Crippen LogP contribution in [0.25, 0.3) is 6.08 Å². The van der Waals surface area contributed by atoms with Crippen molar-refractivity contribution in [2.45, 2.75) is 19.6 Å². The molecule has 0 aromatic heterocycles. The molecule has 0 aliphatic rings. The molecule has 0 aliphatic carbocycles. The van der Waals surface area contributed by atoms with Gasteiger partial charge in [0.15, 0.2) is 11.5 Å². The number of nitro groups is 1. The lowest BCUT2D eigenvalue weighted by atomic mass is 10.1. The average Bonchev–Trinajstić information content (AvgIpc) is 2.86. The summed E-state index contributed by atoms with van der Waals surface area (Å²) in [5.74, 6) is 0.404. The SMILES string of the molecule is COc1cc(/C=C(\C#N)C(=O)N[C@H](C)c2ccccc2)ccc1OCc1ccc([N+](=O)[O-])cc1. The number of methoxy groups -OCH3 is 1. The molecule has 3 aromatic carbocycles. The summed E-state index contributed by atoms with van der Waals surface area (Å²) in [7, 11) is 1.49. The van der Waals surface area contributed by atoms with Crippen LogP contribution in [-0.4, -0.2) is 17.9 Å². The number of carbonyl (C=O) groups excluding carboxylic acids is 1. The van der Waals surface area contributed by atoms with E-state index in [1.54, 1.807) is 30.3 Å². The van der Waals surface area contributed by atoms with Gasteiger partial charge in [0.2, 0.25) is 0 Å². The molecule has 172 valence electrons. The lowest BCUT2D eigenvalue weighted by Gasteiger charge is -2.14. The zero-order valence-electron chi connectivity index (χ0n) is 18.7. The second kappa shape index (κ2) is 11.3. The molecule has 0 unspecified atom stereocenters. The Bertz CT molecular complexity index is 1230. The number of nitrogens with zero attached hydrogens (tertiary/aromatic N) is 2. The van der Waals surface area contributed by atoms with Crippen LogP contribution in [0.2, 0.25) is 0 Å². The molecular formula is C26H23N3O5. The van der Waals surface area contributed by atoms with Gasteiger partial charge in [0.1, 0.15) is 18.2 Å². The molecule has 8 nitrogen and oxygen atoms in total. The zero-order chi connectivity index (χ0) is 24.5. The number of hydrogen-bond acceptors (Lipinski definition) is 6. The molecule has 8 heteroatoms. The molecule has 1 amide bonds. The van der Waals surface area contributed by atoms with Gasteiger partial charge in [0.25, 0.3) is 11.6 Å². The molecule has 3 rings (SSSR count). The van der Waals surface area contributed by atoms with Crippen LogP contribution in [0.3, 0.4) is 0 Å². The third-order valence-corrected chi connectivity index (χ3v) is 5.05. The molecule has 0 aliphatic heterocycles. The number of carbonyl (C=O) groups is 1. The zero-order valence-corrected chi connectivity index (χ0v) is 18.7. The minimum absolute atomic E-state index is 0.00738. The van der Waals surface area contributed by atoms with E-state index in [0.29, 0.717) is 17.1 Å². The Morgan fingerprint density at radius 1 is 1.12 bits per heavy atom. The van der Waals surface area contributed by atoms with Crippen molar-refractivity contribution in [2.24, 2.45) is 0 Å². The molecule has 34 heavy (non-hydrogen) atoms. The van der Waals surface area contributed by atoms with E-state index in [1.165, 1.54) is 25.3 Å². The standard InChI is InChI=1S/C26H23N3O5/c1-18(21-6-4-3-5-7-21)28-26(30)22(16-27)14-20-10-13-24(25(15-20)33-2)34-17-19-8-11-23(12-9-19)29(31)32/h3-15,18H,17H2,1-2H3,(H,28,30)/b22-14+/t18-/m1/s1. The third-order valence-electron chi connectivity index (χ3n) is 5.05. The number of ether oxygens (including phenoxy) is 2. The molecular weight excluding hydrogens is 434 g/mol. The van der Waals surface area contributed by atoms with Crippen molar-refractivity contribution in [1.29, 1.82) is 5.26 Å². The predicted octanol–water partition coefficient (Wildman–Crippen LogP) is 4.97. The van der Waals surface area contributed by atoms with Crippen LogP contribution in [0.15, 0.2) is 78.4 Å². The van der Waals surface area contributed by atoms with E-state index in [-0.39, 0.29) is 23.9 Å². The van der Waals surface area contributed by atoms with Gasteiger partial charge in [-0.1, -0.05) is 36.4 Å². The van der Waals surface area contributed by atoms with E-state index in [4.69, 9.17) is 9.47 Å². The van der Waals surface area contributed by atoms with Crippen LogP contribution >= 0.6 is 0 Å². The second-order valence-electron chi connectivity index (χ2n) is 7.40. The average molecular weight is 457 g/mol. The topological polar surface area (TPSA) is 114 Å². The first-order valence-corrected chi connectivity index (χ1v) is 10.4. The molecule has 1 N–H and O–H groups in total. The first kappa shape index (κ1) is 24.0. The lowest BCUT2D eigenvalue weighted by molar-refractivity contribution is -0.384. The van der Waals surface area contributed by atoms with Crippen molar-refractivity contribution in [3.05, 3.63) is 105 Å². The minimum Gasteiger partial charge on any atom is -0.493 e. The first-order valence-electron chi connectivity index (χ1n) is 10.4. The van der Waals surface area contributed by atoms with Crippen molar-refractivity contribution in [2.75, 3.05) is 7.11 Å². The highest BCUT2D eigenvalue weighted by Gasteiger charge is 2.14. The summed E-state index contributed by atoms with van der Waals surface area (Å²) in [5, 5.41) is 23.1. The van der Waals surface area contributed by atoms with Crippen molar-refractivity contribution in [3.63, 3.8) is 0 Å². The summed E-state index contributed by atoms with van der Waals surface area (Å²) >= 11 is 0. The number of nitro benzene ring substituents is 1. The Balaban J connectivity index is 1.70. The van der Waals surface area contributed by atoms with Crippen LogP contribution in [0.5, 0.6) is 11.5 Å². The predicted molar refractivity (Wildman–Crippen MR) is 127 cm³/mol. The fourth-order valence-corrected chi connectivity index (χ4v) is 3.18. The number of non-ortho nitro benzene ring substituents is 1. The van der Waals surface area contributed by atoms with Crippen molar-refractivity contribution in [1.82, 2.24) is 5.32 Å². The largest absolute Gasteiger partial charge is 0.493 e. The molecule has 3 aromatic rings. The first-order chi connectivity index (χ1) is 16.4. The lowest BCUT2D eigenvalue weighted by Crippen LogP contribution is -2.27. The molecule has 0 bridgehead atoms. The smallest absolute Gasteiger partial charge is 0.269 e. The van der Waals surface area contributed by atoms with Crippen LogP contribution in [0.1, 0.15) is 29.7 Å². The van der Waals surface area contributed by atoms with Gasteiger partial charge in [-0.3, -0.25) is 14.9 Å². The fraction of sp³-hybridized carbons (Fsp3) is 0.154. The quantitative estimate of drug-likeness (QED) is 0.210. The van der Waals surface area contributed by atoms with Gasteiger partial charge >= 0.3 is 0 Å². The Morgan fingerprint density at radius 3 is 2.44 bits per heavy atom. The summed E-state index contributed by atoms with van der Waals surface area (Å²) in [6, 6.07) is 22.3. The molecule has 0 saturated carbocycles. The van der Waals surface area contributed by atoms with Gasteiger partial charge in [-0.15, -0.1) is 0 Å². The number of rotatable bonds is 9. The van der Waals surface area contributed by atoms with E-state index in [1.807, 2.05) is 43.3 Å². The summed E-state index contributed by atoms with van der Waals surface area (Å²) in [5.41, 5.74) is 2.26. The summed E-state index contributed by atoms with van der Waals surface area (Å²) in [6.45, 7) is 2.04. The molecule has 0 spiro atoms. The Kier molecular flexibility index (Phi) is 7.97. The highest BCUT2D eigenvalue weighted by Crippen LogP contribution is 2.30. The maximum atomic E-state index is 12.6. The maximum absolute atomic E-state index is 12.6. The van der Waals surface area contributed by atoms with E-state index in [9.17, 15) is 20.2 Å². The Hall–Kier alpha value is -4.64. The van der Waals surface area contributed by atoms with Crippen LogP contribution in [0.4, 0.5) is 5.69 Å². The van der Waals surface area contributed by atoms with Gasteiger partial charge < -0.3 is 14.8 Å². The van der Waals surface area contributed by atoms with Crippen molar-refractivity contribution >= 4 is 17.7 Å². The van der Waals surface area contributed by atoms with E-state index >= 15 is 0 Å². The number of benzene rings is 3. The highest BCUT2D eigenvalue weighted by atomic mass is 16.6. The van der Waals surface area contributed by atoms with E-state index in [2.05, 4.69) is 5.32 Å². The molecule has 0 fully saturated rings. The molecule has 0 radical (unpaired) electrons. The Labute approximate surface area is 197 Å². The van der Waals surface area contributed by atoms with Gasteiger partial charge in [0.05, 0.1) is 18.1 Å². The van der Waals surface area contributed by atoms with Gasteiger partial charge in [-0.2, -0.15) is 5.26 Å². The van der Waals surface area contributed by atoms with Crippen LogP contribution in [0, 0.1) is 21.4 Å². The molecule has 1 atom stereocenters. The van der Waals surface area contributed by atoms with Crippen LogP contribution in [-0.2, 0) is 11.4 Å². The summed E-state index contributed by atoms with van der Waals surface area (Å²) in [4.78, 5) is 22.9. The van der Waals surface area contributed by atoms with Gasteiger partial charge in [-0.05, 0) is 54.0 Å². The van der Waals surface area contributed by atoms with Crippen molar-refractivity contribution < 1.29 is 19.2 Å². The molecule has 0 saturated heterocycles. The van der Waals surface area contributed by atoms with Crippen LogP contribution < -0.4 is 14.8 Å². The molecule has 0 heterocycles. The van der Waals surface area contributed by atoms with Crippen molar-refractivity contribution in [3.8, 4) is 17.6 Å². The Morgan fingerprint density at radius 2 is 1.82 bits per heavy atom. The number of nitriles is 1. The summed E-state index contributed by atoms with van der Waals surface area (Å²) < 4.78 is 11.2. The summed E-state index contributed by atoms with van der Waals surface area (Å²) in [6.07, 6.45) is 1.48. The highest BCUT2D eigenvalue weighted by molar-refractivity contribution is 6.01. The number of amides is 1. The second-order valence-corrected chi connectivity index (χ2v) is 7.40.